The molecule has 0 bridgehead atoms. The van der Waals surface area contributed by atoms with Crippen LogP contribution in [0.5, 0.6) is 0 Å². The summed E-state index contributed by atoms with van der Waals surface area (Å²) < 4.78 is 4.88. The number of hydrogen-bond acceptors (Lipinski definition) is 3. The lowest BCUT2D eigenvalue weighted by molar-refractivity contribution is -0.135. The van der Waals surface area contributed by atoms with E-state index < -0.39 is 6.04 Å². The van der Waals surface area contributed by atoms with E-state index in [0.29, 0.717) is 12.0 Å². The Labute approximate surface area is 104 Å². The molecule has 1 aliphatic heterocycles. The van der Waals surface area contributed by atoms with E-state index in [4.69, 9.17) is 10.5 Å². The van der Waals surface area contributed by atoms with Crippen LogP contribution in [0.25, 0.3) is 0 Å². The molecule has 0 aliphatic carbocycles. The zero-order valence-electron chi connectivity index (χ0n) is 10.4. The van der Waals surface area contributed by atoms with Gasteiger partial charge < -0.3 is 15.4 Å². The molecule has 1 unspecified atom stereocenters. The van der Waals surface area contributed by atoms with Crippen molar-refractivity contribution in [3.8, 4) is 0 Å². The highest BCUT2D eigenvalue weighted by atomic mass is 35.5. The Morgan fingerprint density at radius 2 is 1.94 bits per heavy atom. The number of hydrogen-bond donors (Lipinski definition) is 1. The van der Waals surface area contributed by atoms with E-state index in [1.54, 1.807) is 7.11 Å². The summed E-state index contributed by atoms with van der Waals surface area (Å²) in [6.45, 7) is 6.43. The van der Waals surface area contributed by atoms with Crippen molar-refractivity contribution >= 4 is 18.3 Å². The second kappa shape index (κ2) is 6.42. The Kier molecular flexibility index (Phi) is 6.30. The zero-order valence-corrected chi connectivity index (χ0v) is 11.2. The van der Waals surface area contributed by atoms with Gasteiger partial charge in [-0.05, 0) is 18.3 Å². The summed E-state index contributed by atoms with van der Waals surface area (Å²) in [6, 6.07) is -0.504. The van der Waals surface area contributed by atoms with Gasteiger partial charge in [-0.15, -0.1) is 12.4 Å². The molecule has 0 radical (unpaired) electrons. The topological polar surface area (TPSA) is 55.6 Å². The van der Waals surface area contributed by atoms with Crippen LogP contribution < -0.4 is 5.73 Å². The fourth-order valence-corrected chi connectivity index (χ4v) is 1.82. The third-order valence-electron chi connectivity index (χ3n) is 3.09. The van der Waals surface area contributed by atoms with E-state index in [9.17, 15) is 4.79 Å². The van der Waals surface area contributed by atoms with E-state index in [1.165, 1.54) is 0 Å². The number of rotatable bonds is 3. The van der Waals surface area contributed by atoms with Gasteiger partial charge in [-0.1, -0.05) is 13.8 Å². The second-order valence-electron chi connectivity index (χ2n) is 5.05. The number of nitrogens with zero attached hydrogens (tertiary/aromatic N) is 1. The molecule has 4 nitrogen and oxygen atoms in total. The van der Waals surface area contributed by atoms with E-state index >= 15 is 0 Å². The van der Waals surface area contributed by atoms with Crippen molar-refractivity contribution in [3.05, 3.63) is 0 Å². The van der Waals surface area contributed by atoms with Gasteiger partial charge in [-0.3, -0.25) is 4.79 Å². The highest BCUT2D eigenvalue weighted by molar-refractivity contribution is 5.85. The normalized spacial score (nSPS) is 21.1. The smallest absolute Gasteiger partial charge is 0.241 e. The number of carbonyl (C=O) groups excluding carboxylic acids is 1. The predicted molar refractivity (Wildman–Crippen MR) is 66.7 cm³/mol. The van der Waals surface area contributed by atoms with Crippen LogP contribution in [0.2, 0.25) is 0 Å². The standard InChI is InChI=1S/C11H22N2O2.ClH/c1-11(2)4-6-13(7-5-11)10(14)9(12)8-15-3;/h9H,4-8,12H2,1-3H3;1H. The minimum Gasteiger partial charge on any atom is -0.383 e. The van der Waals surface area contributed by atoms with Gasteiger partial charge in [0.1, 0.15) is 6.04 Å². The summed E-state index contributed by atoms with van der Waals surface area (Å²) >= 11 is 0. The van der Waals surface area contributed by atoms with E-state index in [2.05, 4.69) is 13.8 Å². The molecule has 1 amide bonds. The molecule has 96 valence electrons. The number of halogens is 1. The van der Waals surface area contributed by atoms with Crippen LogP contribution in [0.4, 0.5) is 0 Å². The molecule has 2 N–H and O–H groups in total. The molecule has 1 atom stereocenters. The van der Waals surface area contributed by atoms with Gasteiger partial charge in [0, 0.05) is 20.2 Å². The van der Waals surface area contributed by atoms with Crippen molar-refractivity contribution in [1.29, 1.82) is 0 Å². The third-order valence-corrected chi connectivity index (χ3v) is 3.09. The van der Waals surface area contributed by atoms with Gasteiger partial charge >= 0.3 is 0 Å². The zero-order chi connectivity index (χ0) is 11.5. The first-order valence-electron chi connectivity index (χ1n) is 5.49. The average molecular weight is 251 g/mol. The van der Waals surface area contributed by atoms with Crippen LogP contribution in [0, 0.1) is 5.41 Å². The molecule has 5 heteroatoms. The highest BCUT2D eigenvalue weighted by Crippen LogP contribution is 2.29. The Morgan fingerprint density at radius 1 is 1.44 bits per heavy atom. The van der Waals surface area contributed by atoms with E-state index in [-0.39, 0.29) is 18.3 Å². The largest absolute Gasteiger partial charge is 0.383 e. The van der Waals surface area contributed by atoms with E-state index in [0.717, 1.165) is 25.9 Å². The van der Waals surface area contributed by atoms with Gasteiger partial charge in [-0.25, -0.2) is 0 Å². The summed E-state index contributed by atoms with van der Waals surface area (Å²) in [6.07, 6.45) is 2.11. The van der Waals surface area contributed by atoms with Gasteiger partial charge in [0.15, 0.2) is 0 Å². The Bertz CT molecular complexity index is 224. The van der Waals surface area contributed by atoms with Crippen LogP contribution in [0.15, 0.2) is 0 Å². The van der Waals surface area contributed by atoms with Crippen LogP contribution in [-0.4, -0.2) is 43.7 Å². The lowest BCUT2D eigenvalue weighted by atomic mass is 9.82. The number of nitrogens with two attached hydrogens (primary N) is 1. The molecule has 1 rings (SSSR count). The maximum atomic E-state index is 11.8. The summed E-state index contributed by atoms with van der Waals surface area (Å²) in [4.78, 5) is 13.7. The maximum absolute atomic E-state index is 11.8. The van der Waals surface area contributed by atoms with Gasteiger partial charge in [0.2, 0.25) is 5.91 Å². The quantitative estimate of drug-likeness (QED) is 0.814. The lowest BCUT2D eigenvalue weighted by Crippen LogP contribution is -2.50. The number of carbonyl (C=O) groups is 1. The van der Waals surface area contributed by atoms with Crippen molar-refractivity contribution < 1.29 is 9.53 Å². The number of piperidine rings is 1. The van der Waals surface area contributed by atoms with Crippen molar-refractivity contribution in [1.82, 2.24) is 4.90 Å². The summed E-state index contributed by atoms with van der Waals surface area (Å²) in [7, 11) is 1.56. The number of amides is 1. The molecule has 0 spiro atoms. The van der Waals surface area contributed by atoms with Crippen LogP contribution in [0.3, 0.4) is 0 Å². The lowest BCUT2D eigenvalue weighted by Gasteiger charge is -2.37. The first-order chi connectivity index (χ1) is 6.96. The second-order valence-corrected chi connectivity index (χ2v) is 5.05. The molecule has 1 heterocycles. The van der Waals surface area contributed by atoms with Crippen molar-refractivity contribution in [2.24, 2.45) is 11.1 Å². The van der Waals surface area contributed by atoms with Crippen molar-refractivity contribution in [2.75, 3.05) is 26.8 Å². The maximum Gasteiger partial charge on any atom is 0.241 e. The summed E-state index contributed by atoms with van der Waals surface area (Å²) in [5, 5.41) is 0. The first-order valence-corrected chi connectivity index (χ1v) is 5.49. The van der Waals surface area contributed by atoms with Gasteiger partial charge in [0.25, 0.3) is 0 Å². The van der Waals surface area contributed by atoms with Crippen LogP contribution in [-0.2, 0) is 9.53 Å². The molecule has 16 heavy (non-hydrogen) atoms. The summed E-state index contributed by atoms with van der Waals surface area (Å²) in [5.74, 6) is 0.0207. The average Bonchev–Trinajstić information content (AvgIpc) is 2.17. The third kappa shape index (κ3) is 4.28. The molecule has 1 saturated heterocycles. The number of ether oxygens (including phenoxy) is 1. The van der Waals surface area contributed by atoms with Gasteiger partial charge in [-0.2, -0.15) is 0 Å². The molecular formula is C11H23ClN2O2. The van der Waals surface area contributed by atoms with Crippen molar-refractivity contribution in [2.45, 2.75) is 32.7 Å². The van der Waals surface area contributed by atoms with Crippen LogP contribution >= 0.6 is 12.4 Å². The molecule has 0 aromatic rings. The van der Waals surface area contributed by atoms with Crippen LogP contribution in [0.1, 0.15) is 26.7 Å². The monoisotopic (exact) mass is 250 g/mol. The number of likely N-dealkylation sites (tertiary alicyclic amines) is 1. The molecule has 1 aliphatic rings. The molecule has 0 saturated carbocycles. The SMILES string of the molecule is COCC(N)C(=O)N1CCC(C)(C)CC1.Cl. The molecule has 1 fully saturated rings. The fraction of sp³-hybridized carbons (Fsp3) is 0.909. The Hall–Kier alpha value is -0.320. The highest BCUT2D eigenvalue weighted by Gasteiger charge is 2.29. The Balaban J connectivity index is 0.00000225. The first kappa shape index (κ1) is 15.7. The Morgan fingerprint density at radius 3 is 2.38 bits per heavy atom. The number of methoxy groups -OCH3 is 1. The molecule has 0 aromatic carbocycles. The van der Waals surface area contributed by atoms with Gasteiger partial charge in [0.05, 0.1) is 6.61 Å². The molecular weight excluding hydrogens is 228 g/mol. The fourth-order valence-electron chi connectivity index (χ4n) is 1.82. The van der Waals surface area contributed by atoms with E-state index in [1.807, 2.05) is 4.90 Å². The predicted octanol–water partition coefficient (Wildman–Crippen LogP) is 1.03. The summed E-state index contributed by atoms with van der Waals surface area (Å²) in [5.41, 5.74) is 6.07. The molecule has 0 aromatic heterocycles. The van der Waals surface area contributed by atoms with Crippen molar-refractivity contribution in [3.63, 3.8) is 0 Å². The minimum absolute atomic E-state index is 0. The minimum atomic E-state index is -0.504.